The molecule has 0 N–H and O–H groups in total. The van der Waals surface area contributed by atoms with Crippen LogP contribution in [0.2, 0.25) is 0 Å². The number of nitrogens with zero attached hydrogens (tertiary/aromatic N) is 5. The van der Waals surface area contributed by atoms with E-state index in [1.165, 1.54) is 23.0 Å². The Labute approximate surface area is 170 Å². The van der Waals surface area contributed by atoms with Crippen LogP contribution in [0.5, 0.6) is 5.75 Å². The molecule has 1 aliphatic rings. The van der Waals surface area contributed by atoms with Gasteiger partial charge in [-0.1, -0.05) is 11.2 Å². The number of aryl methyl sites for hydroxylation is 1. The third-order valence-electron chi connectivity index (χ3n) is 5.28. The van der Waals surface area contributed by atoms with Gasteiger partial charge in [0.15, 0.2) is 11.5 Å². The topological polar surface area (TPSA) is 95.9 Å². The van der Waals surface area contributed by atoms with Crippen molar-refractivity contribution in [3.8, 4) is 5.75 Å². The number of pyridine rings is 1. The van der Waals surface area contributed by atoms with E-state index in [1.54, 1.807) is 24.4 Å². The summed E-state index contributed by atoms with van der Waals surface area (Å²) in [4.78, 5) is 25.6. The van der Waals surface area contributed by atoms with Crippen LogP contribution in [0.4, 0.5) is 4.39 Å². The largest absolute Gasteiger partial charge is 0.490 e. The number of aromatic nitrogens is 5. The van der Waals surface area contributed by atoms with Gasteiger partial charge in [0.1, 0.15) is 30.5 Å². The fourth-order valence-corrected chi connectivity index (χ4v) is 3.59. The van der Waals surface area contributed by atoms with Crippen molar-refractivity contribution in [1.82, 2.24) is 24.7 Å². The van der Waals surface area contributed by atoms with Crippen LogP contribution in [0.1, 0.15) is 36.0 Å². The molecule has 0 amide bonds. The quantitative estimate of drug-likeness (QED) is 0.502. The van der Waals surface area contributed by atoms with Gasteiger partial charge < -0.3 is 9.26 Å². The maximum atomic E-state index is 13.3. The summed E-state index contributed by atoms with van der Waals surface area (Å²) in [5.41, 5.74) is 1.04. The van der Waals surface area contributed by atoms with Gasteiger partial charge in [-0.05, 0) is 43.5 Å². The molecule has 0 unspecified atom stereocenters. The van der Waals surface area contributed by atoms with E-state index in [9.17, 15) is 9.18 Å². The monoisotopic (exact) mass is 407 g/mol. The minimum Gasteiger partial charge on any atom is -0.490 e. The molecule has 152 valence electrons. The lowest BCUT2D eigenvalue weighted by Crippen LogP contribution is -2.32. The van der Waals surface area contributed by atoms with Crippen LogP contribution < -0.4 is 10.3 Å². The molecule has 0 radical (unpaired) electrons. The predicted octanol–water partition coefficient (Wildman–Crippen LogP) is 3.00. The number of rotatable bonds is 5. The summed E-state index contributed by atoms with van der Waals surface area (Å²) in [6.07, 6.45) is 4.49. The van der Waals surface area contributed by atoms with Crippen molar-refractivity contribution in [2.24, 2.45) is 0 Å². The summed E-state index contributed by atoms with van der Waals surface area (Å²) in [5.74, 6) is 1.22. The Morgan fingerprint density at radius 3 is 2.97 bits per heavy atom. The van der Waals surface area contributed by atoms with E-state index in [0.29, 0.717) is 28.5 Å². The first-order valence-electron chi connectivity index (χ1n) is 9.62. The zero-order valence-electron chi connectivity index (χ0n) is 16.2. The first-order valence-corrected chi connectivity index (χ1v) is 9.62. The maximum absolute atomic E-state index is 13.3. The number of benzene rings is 1. The van der Waals surface area contributed by atoms with E-state index < -0.39 is 0 Å². The molecule has 3 aromatic heterocycles. The number of fused-ring (bicyclic) bond motifs is 1. The molecule has 0 aliphatic heterocycles. The lowest BCUT2D eigenvalue weighted by atomic mass is 9.82. The van der Waals surface area contributed by atoms with Crippen LogP contribution in [-0.4, -0.2) is 30.8 Å². The SMILES string of the molecule is Cc1ccnc2ncn(Cc3nc(C4CC(Oc5cccc(F)c5)C4)no3)c(=O)c12. The summed E-state index contributed by atoms with van der Waals surface area (Å²) < 4.78 is 25.8. The number of halogens is 1. The van der Waals surface area contributed by atoms with E-state index in [0.717, 1.165) is 18.4 Å². The third kappa shape index (κ3) is 3.42. The van der Waals surface area contributed by atoms with Crippen molar-refractivity contribution in [2.45, 2.75) is 38.3 Å². The van der Waals surface area contributed by atoms with Gasteiger partial charge in [0.25, 0.3) is 5.56 Å². The number of hydrogen-bond donors (Lipinski definition) is 0. The minimum atomic E-state index is -0.324. The van der Waals surface area contributed by atoms with Gasteiger partial charge in [-0.25, -0.2) is 14.4 Å². The molecule has 0 spiro atoms. The van der Waals surface area contributed by atoms with Gasteiger partial charge in [-0.15, -0.1) is 0 Å². The van der Waals surface area contributed by atoms with Gasteiger partial charge in [0, 0.05) is 18.2 Å². The summed E-state index contributed by atoms with van der Waals surface area (Å²) in [7, 11) is 0. The summed E-state index contributed by atoms with van der Waals surface area (Å²) >= 11 is 0. The first-order chi connectivity index (χ1) is 14.6. The normalized spacial score (nSPS) is 18.3. The predicted molar refractivity (Wildman–Crippen MR) is 105 cm³/mol. The molecule has 30 heavy (non-hydrogen) atoms. The molecular formula is C21H18FN5O3. The molecule has 4 aromatic rings. The molecule has 3 heterocycles. The highest BCUT2D eigenvalue weighted by atomic mass is 19.1. The highest BCUT2D eigenvalue weighted by Crippen LogP contribution is 2.37. The lowest BCUT2D eigenvalue weighted by molar-refractivity contribution is 0.0939. The molecule has 1 aliphatic carbocycles. The molecule has 9 heteroatoms. The van der Waals surface area contributed by atoms with Crippen molar-refractivity contribution in [2.75, 3.05) is 0 Å². The molecule has 1 fully saturated rings. The summed E-state index contributed by atoms with van der Waals surface area (Å²) in [6.45, 7) is 1.99. The molecule has 0 bridgehead atoms. The Bertz CT molecular complexity index is 1280. The Balaban J connectivity index is 1.26. The van der Waals surface area contributed by atoms with Crippen LogP contribution in [-0.2, 0) is 6.54 Å². The van der Waals surface area contributed by atoms with E-state index in [2.05, 4.69) is 20.1 Å². The van der Waals surface area contributed by atoms with E-state index in [4.69, 9.17) is 9.26 Å². The van der Waals surface area contributed by atoms with Crippen LogP contribution in [0.3, 0.4) is 0 Å². The van der Waals surface area contributed by atoms with Crippen molar-refractivity contribution < 1.29 is 13.7 Å². The van der Waals surface area contributed by atoms with Crippen LogP contribution in [0, 0.1) is 12.7 Å². The van der Waals surface area contributed by atoms with Crippen molar-refractivity contribution in [3.05, 3.63) is 76.3 Å². The highest BCUT2D eigenvalue weighted by Gasteiger charge is 2.35. The lowest BCUT2D eigenvalue weighted by Gasteiger charge is -2.33. The smallest absolute Gasteiger partial charge is 0.263 e. The summed E-state index contributed by atoms with van der Waals surface area (Å²) in [6, 6.07) is 7.88. The van der Waals surface area contributed by atoms with Gasteiger partial charge >= 0.3 is 0 Å². The third-order valence-corrected chi connectivity index (χ3v) is 5.28. The zero-order valence-corrected chi connectivity index (χ0v) is 16.2. The Kier molecular flexibility index (Phi) is 4.50. The van der Waals surface area contributed by atoms with Crippen molar-refractivity contribution in [1.29, 1.82) is 0 Å². The van der Waals surface area contributed by atoms with Gasteiger partial charge in [0.05, 0.1) is 5.39 Å². The second kappa shape index (κ2) is 7.33. The maximum Gasteiger partial charge on any atom is 0.263 e. The van der Waals surface area contributed by atoms with E-state index >= 15 is 0 Å². The Morgan fingerprint density at radius 2 is 2.13 bits per heavy atom. The Morgan fingerprint density at radius 1 is 1.27 bits per heavy atom. The Hall–Kier alpha value is -3.62. The van der Waals surface area contributed by atoms with Gasteiger partial charge in [0.2, 0.25) is 5.89 Å². The van der Waals surface area contributed by atoms with Crippen LogP contribution >= 0.6 is 0 Å². The zero-order chi connectivity index (χ0) is 20.7. The summed E-state index contributed by atoms with van der Waals surface area (Å²) in [5, 5.41) is 4.53. The minimum absolute atomic E-state index is 0.0125. The average Bonchev–Trinajstić information content (AvgIpc) is 3.14. The number of ether oxygens (including phenoxy) is 1. The molecule has 1 aromatic carbocycles. The van der Waals surface area contributed by atoms with Crippen molar-refractivity contribution >= 4 is 11.0 Å². The van der Waals surface area contributed by atoms with E-state index in [1.807, 2.05) is 6.92 Å². The number of hydrogen-bond acceptors (Lipinski definition) is 7. The van der Waals surface area contributed by atoms with Crippen LogP contribution in [0.15, 0.2) is 52.2 Å². The van der Waals surface area contributed by atoms with Crippen LogP contribution in [0.25, 0.3) is 11.0 Å². The second-order valence-corrected chi connectivity index (χ2v) is 7.42. The molecule has 0 saturated heterocycles. The average molecular weight is 407 g/mol. The molecule has 8 nitrogen and oxygen atoms in total. The van der Waals surface area contributed by atoms with Crippen molar-refractivity contribution in [3.63, 3.8) is 0 Å². The first kappa shape index (κ1) is 18.4. The standard InChI is InChI=1S/C21H18FN5O3/c1-12-5-6-23-20-18(12)21(28)27(11-24-20)10-17-25-19(26-30-17)13-7-16(8-13)29-15-4-2-3-14(22)9-15/h2-6,9,11,13,16H,7-8,10H2,1H3. The fourth-order valence-electron chi connectivity index (χ4n) is 3.59. The second-order valence-electron chi connectivity index (χ2n) is 7.42. The van der Waals surface area contributed by atoms with Gasteiger partial charge in [-0.3, -0.25) is 9.36 Å². The van der Waals surface area contributed by atoms with E-state index in [-0.39, 0.29) is 29.9 Å². The highest BCUT2D eigenvalue weighted by molar-refractivity contribution is 5.76. The fraction of sp³-hybridized carbons (Fsp3) is 0.286. The molecule has 0 atom stereocenters. The molecule has 1 saturated carbocycles. The molecule has 5 rings (SSSR count). The van der Waals surface area contributed by atoms with Gasteiger partial charge in [-0.2, -0.15) is 4.98 Å². The molecular weight excluding hydrogens is 389 g/mol.